The van der Waals surface area contributed by atoms with Crippen LogP contribution in [0.3, 0.4) is 0 Å². The number of carbonyl (C=O) groups excluding carboxylic acids is 1. The predicted molar refractivity (Wildman–Crippen MR) is 193 cm³/mol. The van der Waals surface area contributed by atoms with Crippen molar-refractivity contribution in [1.82, 2.24) is 14.9 Å². The van der Waals surface area contributed by atoms with Gasteiger partial charge in [0.15, 0.2) is 5.13 Å². The van der Waals surface area contributed by atoms with Gasteiger partial charge in [-0.2, -0.15) is 0 Å². The molecule has 0 unspecified atom stereocenters. The number of amides is 2. The van der Waals surface area contributed by atoms with Crippen molar-refractivity contribution in [2.75, 3.05) is 41.7 Å². The minimum atomic E-state index is -0.481. The number of benzene rings is 4. The van der Waals surface area contributed by atoms with Crippen molar-refractivity contribution in [1.29, 1.82) is 0 Å². The Balaban J connectivity index is 1.14. The second kappa shape index (κ2) is 10.9. The fourth-order valence-electron chi connectivity index (χ4n) is 8.15. The summed E-state index contributed by atoms with van der Waals surface area (Å²) in [5.41, 5.74) is 5.39. The van der Waals surface area contributed by atoms with Gasteiger partial charge in [0.25, 0.3) is 0 Å². The van der Waals surface area contributed by atoms with Crippen molar-refractivity contribution in [3.8, 4) is 16.3 Å². The Kier molecular flexibility index (Phi) is 6.78. The monoisotopic (exact) mass is 694 g/mol. The first-order valence-corrected chi connectivity index (χ1v) is 17.9. The second-order valence-electron chi connectivity index (χ2n) is 13.9. The van der Waals surface area contributed by atoms with E-state index in [1.54, 1.807) is 18.2 Å². The highest BCUT2D eigenvalue weighted by molar-refractivity contribution is 7.22. The fraction of sp³-hybridized carbons (Fsp3) is 0.270. The highest BCUT2D eigenvalue weighted by Crippen LogP contribution is 2.58. The van der Waals surface area contributed by atoms with Crippen LogP contribution >= 0.6 is 22.7 Å². The molecule has 6 heterocycles. The van der Waals surface area contributed by atoms with Gasteiger partial charge >= 0.3 is 6.03 Å². The van der Waals surface area contributed by atoms with E-state index in [1.165, 1.54) is 40.9 Å². The molecular formula is C37H32F2N6O2S2. The number of urea groups is 1. The van der Waals surface area contributed by atoms with Crippen molar-refractivity contribution >= 4 is 71.3 Å². The van der Waals surface area contributed by atoms with Crippen LogP contribution in [-0.2, 0) is 10.8 Å². The van der Waals surface area contributed by atoms with Gasteiger partial charge in [-0.05, 0) is 86.1 Å². The third kappa shape index (κ3) is 4.87. The molecule has 3 N–H and O–H groups in total. The number of hydrogen-bond donors (Lipinski definition) is 3. The molecule has 4 bridgehead atoms. The predicted octanol–water partition coefficient (Wildman–Crippen LogP) is 8.98. The standard InChI is InChI=1S/C37H32F2N6O2S2/c1-36(2)18-44-15-13-37(14-16-44)19-45(31-27(46)12-8-21(29(31)37)33-40-25-11-9-22(39)30(36)32(25)49-33)26-6-4-3-5-23(26)41-34(47)43-35-42-24-10-7-20(38)17-28(24)48-35/h3-12,17,46H,13-16,18-19H2,1-2H3,(H2,41,42,43,47). The van der Waals surface area contributed by atoms with Gasteiger partial charge in [-0.15, -0.1) is 11.3 Å². The molecule has 1 saturated heterocycles. The average molecular weight is 695 g/mol. The smallest absolute Gasteiger partial charge is 0.325 e. The molecule has 4 aromatic carbocycles. The van der Waals surface area contributed by atoms with Gasteiger partial charge in [-0.3, -0.25) is 5.32 Å². The quantitative estimate of drug-likeness (QED) is 0.171. The molecule has 2 amide bonds. The molecule has 10 rings (SSSR count). The summed E-state index contributed by atoms with van der Waals surface area (Å²) in [6, 6.07) is 18.4. The van der Waals surface area contributed by atoms with Gasteiger partial charge in [-0.25, -0.2) is 23.5 Å². The number of nitrogens with one attached hydrogen (secondary N) is 2. The number of phenols is 1. The largest absolute Gasteiger partial charge is 0.506 e. The molecule has 12 heteroatoms. The van der Waals surface area contributed by atoms with Crippen molar-refractivity contribution in [3.05, 3.63) is 89.5 Å². The first kappa shape index (κ1) is 30.4. The van der Waals surface area contributed by atoms with Crippen LogP contribution in [0.4, 0.5) is 35.8 Å². The molecule has 0 atom stereocenters. The van der Waals surface area contributed by atoms with E-state index >= 15 is 4.39 Å². The Hall–Kier alpha value is -4.65. The number of phenolic OH excluding ortho intramolecular Hbond substituents is 1. The molecule has 1 spiro atoms. The summed E-state index contributed by atoms with van der Waals surface area (Å²) in [7, 11) is 0. The van der Waals surface area contributed by atoms with Crippen LogP contribution in [0.1, 0.15) is 37.8 Å². The Bertz CT molecular complexity index is 2330. The summed E-state index contributed by atoms with van der Waals surface area (Å²) in [6.45, 7) is 7.24. The topological polar surface area (TPSA) is 93.6 Å². The zero-order valence-corrected chi connectivity index (χ0v) is 28.4. The van der Waals surface area contributed by atoms with Gasteiger partial charge in [0, 0.05) is 35.0 Å². The lowest BCUT2D eigenvalue weighted by Gasteiger charge is -2.43. The van der Waals surface area contributed by atoms with Crippen LogP contribution in [0.15, 0.2) is 66.7 Å². The maximum Gasteiger partial charge on any atom is 0.325 e. The van der Waals surface area contributed by atoms with Crippen LogP contribution < -0.4 is 15.5 Å². The molecule has 4 aliphatic rings. The Morgan fingerprint density at radius 2 is 1.69 bits per heavy atom. The summed E-state index contributed by atoms with van der Waals surface area (Å²) < 4.78 is 30.8. The van der Waals surface area contributed by atoms with E-state index in [1.807, 2.05) is 30.3 Å². The third-order valence-electron chi connectivity index (χ3n) is 10.3. The van der Waals surface area contributed by atoms with E-state index in [2.05, 4.69) is 39.3 Å². The number of aromatic nitrogens is 2. The van der Waals surface area contributed by atoms with Gasteiger partial charge in [0.1, 0.15) is 22.4 Å². The second-order valence-corrected chi connectivity index (χ2v) is 15.9. The molecule has 2 aromatic heterocycles. The van der Waals surface area contributed by atoms with Crippen molar-refractivity contribution < 1.29 is 18.7 Å². The van der Waals surface area contributed by atoms with E-state index in [0.717, 1.165) is 64.5 Å². The molecule has 1 fully saturated rings. The number of fused-ring (bicyclic) bond motifs is 4. The number of thiazole rings is 2. The average Bonchev–Trinajstić information content (AvgIpc) is 3.76. The van der Waals surface area contributed by atoms with Gasteiger partial charge in [0.2, 0.25) is 0 Å². The molecule has 0 saturated carbocycles. The molecule has 0 radical (unpaired) electrons. The van der Waals surface area contributed by atoms with E-state index in [9.17, 15) is 14.3 Å². The summed E-state index contributed by atoms with van der Waals surface area (Å²) >= 11 is 2.71. The van der Waals surface area contributed by atoms with E-state index in [-0.39, 0.29) is 22.8 Å². The Morgan fingerprint density at radius 1 is 0.898 bits per heavy atom. The van der Waals surface area contributed by atoms with Crippen LogP contribution in [0.2, 0.25) is 0 Å². The molecule has 248 valence electrons. The molecule has 6 aromatic rings. The van der Waals surface area contributed by atoms with Gasteiger partial charge in [0.05, 0.1) is 37.5 Å². The lowest BCUT2D eigenvalue weighted by molar-refractivity contribution is 0.142. The van der Waals surface area contributed by atoms with Crippen LogP contribution in [-0.4, -0.2) is 52.2 Å². The van der Waals surface area contributed by atoms with Gasteiger partial charge in [-0.1, -0.05) is 37.3 Å². The number of halogens is 2. The molecule has 8 nitrogen and oxygen atoms in total. The first-order chi connectivity index (χ1) is 23.6. The number of hydrogen-bond acceptors (Lipinski definition) is 8. The number of carbonyl (C=O) groups is 1. The third-order valence-corrected chi connectivity index (χ3v) is 12.3. The summed E-state index contributed by atoms with van der Waals surface area (Å²) in [5, 5.41) is 18.6. The number of anilines is 4. The molecular weight excluding hydrogens is 663 g/mol. The Morgan fingerprint density at radius 3 is 2.53 bits per heavy atom. The zero-order valence-electron chi connectivity index (χ0n) is 26.8. The minimum absolute atomic E-state index is 0.153. The number of nitrogens with zero attached hydrogens (tertiary/aromatic N) is 4. The number of rotatable bonds is 3. The number of para-hydroxylation sites is 2. The van der Waals surface area contributed by atoms with E-state index < -0.39 is 11.4 Å². The maximum atomic E-state index is 15.6. The number of aromatic hydroxyl groups is 1. The highest BCUT2D eigenvalue weighted by atomic mass is 32.1. The van der Waals surface area contributed by atoms with E-state index in [0.29, 0.717) is 38.8 Å². The zero-order chi connectivity index (χ0) is 33.7. The highest BCUT2D eigenvalue weighted by Gasteiger charge is 2.49. The van der Waals surface area contributed by atoms with Crippen molar-refractivity contribution in [2.24, 2.45) is 0 Å². The van der Waals surface area contributed by atoms with E-state index in [4.69, 9.17) is 4.98 Å². The molecule has 4 aliphatic heterocycles. The first-order valence-electron chi connectivity index (χ1n) is 16.3. The maximum absolute atomic E-state index is 15.6. The minimum Gasteiger partial charge on any atom is -0.506 e. The van der Waals surface area contributed by atoms with Gasteiger partial charge < -0.3 is 20.2 Å². The van der Waals surface area contributed by atoms with Crippen LogP contribution in [0, 0.1) is 11.6 Å². The lowest BCUT2D eigenvalue weighted by Crippen LogP contribution is -2.48. The SMILES string of the molecule is CC1(C)CN2CCC3(CC2)CN(c2ccccc2NC(=O)Nc2nc4ccc(F)cc4s2)c2c(O)ccc(c23)-c2nc3ccc(F)c1c3s2. The lowest BCUT2D eigenvalue weighted by atomic mass is 9.72. The molecule has 49 heavy (non-hydrogen) atoms. The summed E-state index contributed by atoms with van der Waals surface area (Å²) in [6.07, 6.45) is 1.70. The fourth-order valence-corrected chi connectivity index (χ4v) is 10.3. The van der Waals surface area contributed by atoms with Crippen LogP contribution in [0.5, 0.6) is 5.75 Å². The Labute approximate surface area is 289 Å². The summed E-state index contributed by atoms with van der Waals surface area (Å²) in [4.78, 5) is 27.4. The normalized spacial score (nSPS) is 20.7. The number of piperidine rings is 1. The summed E-state index contributed by atoms with van der Waals surface area (Å²) in [5.74, 6) is -0.413. The van der Waals surface area contributed by atoms with Crippen LogP contribution in [0.25, 0.3) is 31.0 Å². The van der Waals surface area contributed by atoms with Crippen molar-refractivity contribution in [2.45, 2.75) is 37.5 Å². The molecule has 0 aliphatic carbocycles. The van der Waals surface area contributed by atoms with Crippen molar-refractivity contribution in [3.63, 3.8) is 0 Å².